The van der Waals surface area contributed by atoms with Crippen molar-refractivity contribution in [1.29, 1.82) is 0 Å². The summed E-state index contributed by atoms with van der Waals surface area (Å²) >= 11 is 6.98. The van der Waals surface area contributed by atoms with E-state index in [-0.39, 0.29) is 23.8 Å². The summed E-state index contributed by atoms with van der Waals surface area (Å²) in [6.07, 6.45) is 5.60. The van der Waals surface area contributed by atoms with Crippen LogP contribution in [0.2, 0.25) is 0 Å². The van der Waals surface area contributed by atoms with E-state index < -0.39 is 22.4 Å². The predicted octanol–water partition coefficient (Wildman–Crippen LogP) is 6.37. The molecule has 0 N–H and O–H groups in total. The lowest BCUT2D eigenvalue weighted by Crippen LogP contribution is -2.52. The van der Waals surface area contributed by atoms with Gasteiger partial charge in [-0.25, -0.2) is 0 Å². The molecule has 2 aromatic carbocycles. The molecule has 8 rings (SSSR count). The van der Waals surface area contributed by atoms with Gasteiger partial charge in [-0.1, -0.05) is 44.0 Å². The number of benzene rings is 2. The van der Waals surface area contributed by atoms with Crippen LogP contribution in [-0.4, -0.2) is 77.4 Å². The smallest absolute Gasteiger partial charge is 0.316 e. The Bertz CT molecular complexity index is 1420. The third-order valence-corrected chi connectivity index (χ3v) is 12.3. The van der Waals surface area contributed by atoms with Crippen LogP contribution in [0.5, 0.6) is 11.5 Å². The van der Waals surface area contributed by atoms with E-state index in [1.165, 1.54) is 14.2 Å². The first kappa shape index (κ1) is 34.2. The maximum Gasteiger partial charge on any atom is 0.316 e. The van der Waals surface area contributed by atoms with Gasteiger partial charge in [0, 0.05) is 45.8 Å². The zero-order valence-corrected chi connectivity index (χ0v) is 30.5. The number of methoxy groups -OCH3 is 2. The molecule has 10 nitrogen and oxygen atoms in total. The first-order valence-electron chi connectivity index (χ1n) is 16.8. The minimum absolute atomic E-state index is 0.0687. The molecule has 2 saturated heterocycles. The highest BCUT2D eigenvalue weighted by Gasteiger charge is 2.60. The summed E-state index contributed by atoms with van der Waals surface area (Å²) in [5, 5.41) is 0. The number of esters is 2. The van der Waals surface area contributed by atoms with Gasteiger partial charge in [-0.3, -0.25) is 9.59 Å². The summed E-state index contributed by atoms with van der Waals surface area (Å²) in [6.45, 7) is 3.64. The Morgan fingerprint density at radius 3 is 1.40 bits per heavy atom. The molecule has 0 aromatic heterocycles. The maximum atomic E-state index is 13.0. The number of carbonyl (C=O) groups excluding carboxylic acids is 2. The van der Waals surface area contributed by atoms with Crippen LogP contribution in [0.1, 0.15) is 62.5 Å². The van der Waals surface area contributed by atoms with Gasteiger partial charge in [-0.15, -0.1) is 0 Å². The molecule has 4 heterocycles. The fraction of sp³-hybridized carbons (Fsp3) is 0.611. The first-order chi connectivity index (χ1) is 23.2. The van der Waals surface area contributed by atoms with Crippen molar-refractivity contribution in [3.8, 4) is 11.5 Å². The highest BCUT2D eigenvalue weighted by Crippen LogP contribution is 2.56. The minimum atomic E-state index is -0.693. The van der Waals surface area contributed by atoms with E-state index >= 15 is 0 Å². The maximum absolute atomic E-state index is 13.0. The lowest BCUT2D eigenvalue weighted by molar-refractivity contribution is -0.204. The van der Waals surface area contributed by atoms with Crippen LogP contribution in [0.3, 0.4) is 0 Å². The van der Waals surface area contributed by atoms with E-state index in [0.29, 0.717) is 78.2 Å². The van der Waals surface area contributed by atoms with Crippen LogP contribution in [0, 0.1) is 11.8 Å². The predicted molar refractivity (Wildman–Crippen MR) is 180 cm³/mol. The lowest BCUT2D eigenvalue weighted by Gasteiger charge is -2.47. The van der Waals surface area contributed by atoms with Crippen molar-refractivity contribution in [3.63, 3.8) is 0 Å². The molecule has 4 atom stereocenters. The molecular formula is C36H42Br2O10. The molecule has 2 spiro atoms. The topological polar surface area (TPSA) is 108 Å². The van der Waals surface area contributed by atoms with Gasteiger partial charge in [-0.2, -0.15) is 0 Å². The molecule has 6 aliphatic rings. The van der Waals surface area contributed by atoms with Gasteiger partial charge in [0.15, 0.2) is 11.6 Å². The van der Waals surface area contributed by atoms with Gasteiger partial charge in [0.05, 0.1) is 64.7 Å². The fourth-order valence-corrected chi connectivity index (χ4v) is 9.80. The van der Waals surface area contributed by atoms with Crippen molar-refractivity contribution >= 4 is 43.8 Å². The Balaban J connectivity index is 0.000000152. The van der Waals surface area contributed by atoms with Crippen LogP contribution in [-0.2, 0) is 48.8 Å². The Hall–Kier alpha value is -2.22. The summed E-state index contributed by atoms with van der Waals surface area (Å²) < 4.78 is 48.0. The Morgan fingerprint density at radius 1 is 0.625 bits per heavy atom. The minimum Gasteiger partial charge on any atom is -0.493 e. The molecule has 4 aliphatic heterocycles. The Kier molecular flexibility index (Phi) is 9.62. The van der Waals surface area contributed by atoms with E-state index in [0.717, 1.165) is 44.4 Å². The molecule has 12 heteroatoms. The molecule has 2 saturated carbocycles. The van der Waals surface area contributed by atoms with Gasteiger partial charge < -0.3 is 37.9 Å². The summed E-state index contributed by atoms with van der Waals surface area (Å²) in [6, 6.07) is 11.8. The number of rotatable bonds is 2. The second kappa shape index (κ2) is 13.5. The highest BCUT2D eigenvalue weighted by atomic mass is 79.9. The molecule has 2 aliphatic carbocycles. The van der Waals surface area contributed by atoms with Crippen molar-refractivity contribution < 1.29 is 47.5 Å². The molecule has 4 fully saturated rings. The molecule has 0 amide bonds. The monoisotopic (exact) mass is 792 g/mol. The standard InChI is InChI=1S/2C18H21BrO5/c2*1-21-16(20)18-6-5-17(23-8-9-24-17)11-12(18)4-7-22-15-10-13(19)2-3-14(15)18/h2*2-3,10,12H,4-9,11H2,1H3/t2*12-,18-/m10/s1. The van der Waals surface area contributed by atoms with E-state index in [4.69, 9.17) is 37.9 Å². The average Bonchev–Trinajstić information content (AvgIpc) is 3.67. The largest absolute Gasteiger partial charge is 0.493 e. The number of fused-ring (bicyclic) bond motifs is 6. The summed E-state index contributed by atoms with van der Waals surface area (Å²) in [4.78, 5) is 25.9. The SMILES string of the molecule is COC(=O)[C@@]12CCC3(C[C@@H]1CCOc1cc(Br)ccc12)OCCO3.COC(=O)[C@]12CCC3(C[C@H]1CCOc1cc(Br)ccc12)OCCO3. The molecule has 48 heavy (non-hydrogen) atoms. The van der Waals surface area contributed by atoms with E-state index in [2.05, 4.69) is 31.9 Å². The number of halogens is 2. The second-order valence-electron chi connectivity index (χ2n) is 13.5. The van der Waals surface area contributed by atoms with E-state index in [1.54, 1.807) is 0 Å². The van der Waals surface area contributed by atoms with Crippen LogP contribution in [0.4, 0.5) is 0 Å². The summed E-state index contributed by atoms with van der Waals surface area (Å²) in [5.74, 6) is 0.217. The quantitative estimate of drug-likeness (QED) is 0.319. The Morgan fingerprint density at radius 2 is 1.02 bits per heavy atom. The third-order valence-electron chi connectivity index (χ3n) is 11.3. The van der Waals surface area contributed by atoms with Gasteiger partial charge in [0.1, 0.15) is 11.5 Å². The lowest BCUT2D eigenvalue weighted by atomic mass is 9.60. The van der Waals surface area contributed by atoms with Gasteiger partial charge in [0.2, 0.25) is 0 Å². The second-order valence-corrected chi connectivity index (χ2v) is 15.3. The van der Waals surface area contributed by atoms with Crippen molar-refractivity contribution in [3.05, 3.63) is 56.5 Å². The van der Waals surface area contributed by atoms with Crippen LogP contribution < -0.4 is 9.47 Å². The normalized spacial score (nSPS) is 30.8. The number of hydrogen-bond donors (Lipinski definition) is 0. The molecule has 0 radical (unpaired) electrons. The molecule has 0 unspecified atom stereocenters. The highest BCUT2D eigenvalue weighted by molar-refractivity contribution is 9.10. The third kappa shape index (κ3) is 5.78. The molecule has 260 valence electrons. The van der Waals surface area contributed by atoms with Crippen LogP contribution in [0.25, 0.3) is 0 Å². The van der Waals surface area contributed by atoms with Crippen molar-refractivity contribution in [2.75, 3.05) is 53.9 Å². The fourth-order valence-electron chi connectivity index (χ4n) is 9.12. The first-order valence-corrected chi connectivity index (χ1v) is 18.4. The van der Waals surface area contributed by atoms with Crippen LogP contribution >= 0.6 is 31.9 Å². The Labute approximate surface area is 297 Å². The summed E-state index contributed by atoms with van der Waals surface area (Å²) in [7, 11) is 2.93. The zero-order chi connectivity index (χ0) is 33.6. The average molecular weight is 795 g/mol. The van der Waals surface area contributed by atoms with Gasteiger partial charge in [-0.05, 0) is 61.8 Å². The number of hydrogen-bond acceptors (Lipinski definition) is 10. The molecule has 0 bridgehead atoms. The van der Waals surface area contributed by atoms with Crippen molar-refractivity contribution in [2.45, 2.75) is 73.8 Å². The zero-order valence-electron chi connectivity index (χ0n) is 27.4. The molecule has 2 aromatic rings. The summed E-state index contributed by atoms with van der Waals surface area (Å²) in [5.41, 5.74) is 0.463. The van der Waals surface area contributed by atoms with Crippen molar-refractivity contribution in [1.82, 2.24) is 0 Å². The molecular weight excluding hydrogens is 752 g/mol. The van der Waals surface area contributed by atoms with Crippen molar-refractivity contribution in [2.24, 2.45) is 11.8 Å². The number of carbonyl (C=O) groups is 2. The van der Waals surface area contributed by atoms with E-state index in [9.17, 15) is 9.59 Å². The van der Waals surface area contributed by atoms with Gasteiger partial charge in [0.25, 0.3) is 0 Å². The van der Waals surface area contributed by atoms with Crippen LogP contribution in [0.15, 0.2) is 45.3 Å². The number of ether oxygens (including phenoxy) is 8. The van der Waals surface area contributed by atoms with Gasteiger partial charge >= 0.3 is 11.9 Å². The van der Waals surface area contributed by atoms with E-state index in [1.807, 2.05) is 36.4 Å².